The van der Waals surface area contributed by atoms with Crippen molar-refractivity contribution in [2.45, 2.75) is 6.54 Å². The summed E-state index contributed by atoms with van der Waals surface area (Å²) in [5, 5.41) is 11.7. The minimum atomic E-state index is -0.453. The molecule has 5 nitrogen and oxygen atoms in total. The lowest BCUT2D eigenvalue weighted by atomic mass is 10.1. The van der Waals surface area contributed by atoms with E-state index in [9.17, 15) is 4.79 Å². The van der Waals surface area contributed by atoms with Crippen LogP contribution in [0.4, 0.5) is 5.69 Å². The minimum Gasteiger partial charge on any atom is -0.479 e. The summed E-state index contributed by atoms with van der Waals surface area (Å²) in [4.78, 5) is 11.1. The molecular formula is C16H15N3O2. The number of ether oxygens (including phenoxy) is 1. The van der Waals surface area contributed by atoms with Crippen molar-refractivity contribution in [3.05, 3.63) is 59.7 Å². The Morgan fingerprint density at radius 2 is 2.05 bits per heavy atom. The normalized spacial score (nSPS) is 9.67. The van der Waals surface area contributed by atoms with Crippen LogP contribution in [0.3, 0.4) is 0 Å². The van der Waals surface area contributed by atoms with Gasteiger partial charge in [0.1, 0.15) is 11.8 Å². The molecule has 0 bridgehead atoms. The largest absolute Gasteiger partial charge is 0.479 e. The lowest BCUT2D eigenvalue weighted by Crippen LogP contribution is -2.11. The number of amides is 1. The van der Waals surface area contributed by atoms with Gasteiger partial charge < -0.3 is 15.8 Å². The molecule has 0 aliphatic carbocycles. The van der Waals surface area contributed by atoms with E-state index in [0.29, 0.717) is 17.9 Å². The second-order valence-corrected chi connectivity index (χ2v) is 4.39. The van der Waals surface area contributed by atoms with Crippen molar-refractivity contribution in [1.82, 2.24) is 0 Å². The smallest absolute Gasteiger partial charge is 0.248 e. The van der Waals surface area contributed by atoms with E-state index in [4.69, 9.17) is 15.7 Å². The van der Waals surface area contributed by atoms with Crippen LogP contribution in [0.5, 0.6) is 5.75 Å². The first-order valence-corrected chi connectivity index (χ1v) is 6.41. The number of carbonyl (C=O) groups is 1. The third-order valence-corrected chi connectivity index (χ3v) is 2.85. The van der Waals surface area contributed by atoms with E-state index < -0.39 is 5.91 Å². The van der Waals surface area contributed by atoms with Crippen LogP contribution in [0.25, 0.3) is 0 Å². The zero-order valence-electron chi connectivity index (χ0n) is 11.4. The fourth-order valence-corrected chi connectivity index (χ4v) is 1.85. The van der Waals surface area contributed by atoms with E-state index in [1.165, 1.54) is 0 Å². The van der Waals surface area contributed by atoms with Gasteiger partial charge in [-0.05, 0) is 35.9 Å². The zero-order valence-corrected chi connectivity index (χ0v) is 11.4. The van der Waals surface area contributed by atoms with E-state index in [2.05, 4.69) is 5.32 Å². The molecule has 2 rings (SSSR count). The molecule has 0 spiro atoms. The Labute approximate surface area is 123 Å². The summed E-state index contributed by atoms with van der Waals surface area (Å²) in [5.41, 5.74) is 7.53. The van der Waals surface area contributed by atoms with Crippen LogP contribution in [-0.2, 0) is 6.54 Å². The topological polar surface area (TPSA) is 88.1 Å². The lowest BCUT2D eigenvalue weighted by molar-refractivity contribution is 0.100. The molecule has 0 aliphatic heterocycles. The van der Waals surface area contributed by atoms with Crippen molar-refractivity contribution in [3.8, 4) is 11.8 Å². The van der Waals surface area contributed by atoms with Gasteiger partial charge >= 0.3 is 0 Å². The molecule has 0 aromatic heterocycles. The van der Waals surface area contributed by atoms with Crippen LogP contribution < -0.4 is 15.8 Å². The number of hydrogen-bond donors (Lipinski definition) is 2. The van der Waals surface area contributed by atoms with Crippen LogP contribution in [0.1, 0.15) is 15.9 Å². The molecular weight excluding hydrogens is 266 g/mol. The Kier molecular flexibility index (Phi) is 4.78. The first-order valence-electron chi connectivity index (χ1n) is 6.41. The summed E-state index contributed by atoms with van der Waals surface area (Å²) in [5.74, 6) is 0.201. The second-order valence-electron chi connectivity index (χ2n) is 4.39. The molecule has 0 unspecified atom stereocenters. The van der Waals surface area contributed by atoms with Gasteiger partial charge in [0.05, 0.1) is 0 Å². The van der Waals surface area contributed by atoms with Crippen molar-refractivity contribution in [3.63, 3.8) is 0 Å². The van der Waals surface area contributed by atoms with Gasteiger partial charge in [-0.25, -0.2) is 0 Å². The Bertz CT molecular complexity index is 677. The van der Waals surface area contributed by atoms with Crippen molar-refractivity contribution in [1.29, 1.82) is 5.26 Å². The highest BCUT2D eigenvalue weighted by molar-refractivity contribution is 5.93. The highest BCUT2D eigenvalue weighted by atomic mass is 16.5. The molecule has 0 aliphatic rings. The van der Waals surface area contributed by atoms with Crippen LogP contribution in [0, 0.1) is 11.3 Å². The van der Waals surface area contributed by atoms with E-state index in [-0.39, 0.29) is 6.61 Å². The zero-order chi connectivity index (χ0) is 15.1. The SMILES string of the molecule is N#CCOc1cccc(CNc2cccc(C(N)=O)c2)c1. The molecule has 2 aromatic carbocycles. The van der Waals surface area contributed by atoms with E-state index in [1.807, 2.05) is 30.3 Å². The number of benzene rings is 2. The van der Waals surface area contributed by atoms with Gasteiger partial charge in [-0.15, -0.1) is 0 Å². The summed E-state index contributed by atoms with van der Waals surface area (Å²) >= 11 is 0. The minimum absolute atomic E-state index is 0.0253. The van der Waals surface area contributed by atoms with Crippen molar-refractivity contribution in [2.24, 2.45) is 5.73 Å². The predicted octanol–water partition coefficient (Wildman–Crippen LogP) is 2.30. The Hall–Kier alpha value is -3.00. The number of primary amides is 1. The maximum Gasteiger partial charge on any atom is 0.248 e. The highest BCUT2D eigenvalue weighted by Gasteiger charge is 2.02. The summed E-state index contributed by atoms with van der Waals surface area (Å²) in [6.45, 7) is 0.601. The van der Waals surface area contributed by atoms with Crippen LogP contribution >= 0.6 is 0 Å². The Balaban J connectivity index is 2.01. The molecule has 0 atom stereocenters. The number of anilines is 1. The van der Waals surface area contributed by atoms with Gasteiger partial charge in [0.2, 0.25) is 5.91 Å². The van der Waals surface area contributed by atoms with Crippen LogP contribution in [-0.4, -0.2) is 12.5 Å². The molecule has 0 saturated carbocycles. The van der Waals surface area contributed by atoms with Gasteiger partial charge in [0.25, 0.3) is 0 Å². The molecule has 0 heterocycles. The van der Waals surface area contributed by atoms with Crippen LogP contribution in [0.2, 0.25) is 0 Å². The summed E-state index contributed by atoms with van der Waals surface area (Å²) in [7, 11) is 0. The van der Waals surface area contributed by atoms with Crippen molar-refractivity contribution in [2.75, 3.05) is 11.9 Å². The molecule has 0 radical (unpaired) electrons. The Morgan fingerprint density at radius 1 is 1.24 bits per heavy atom. The standard InChI is InChI=1S/C16H15N3O2/c17-7-8-21-15-6-1-3-12(9-15)11-19-14-5-2-4-13(10-14)16(18)20/h1-6,9-10,19H,8,11H2,(H2,18,20). The van der Waals surface area contributed by atoms with Gasteiger partial charge in [-0.1, -0.05) is 18.2 Å². The predicted molar refractivity (Wildman–Crippen MR) is 79.8 cm³/mol. The molecule has 21 heavy (non-hydrogen) atoms. The molecule has 1 amide bonds. The highest BCUT2D eigenvalue weighted by Crippen LogP contribution is 2.16. The molecule has 0 fully saturated rings. The molecule has 3 N–H and O–H groups in total. The number of hydrogen-bond acceptors (Lipinski definition) is 4. The first kappa shape index (κ1) is 14.4. The number of nitrogens with one attached hydrogen (secondary N) is 1. The van der Waals surface area contributed by atoms with Crippen LogP contribution in [0.15, 0.2) is 48.5 Å². The van der Waals surface area contributed by atoms with Gasteiger partial charge in [0, 0.05) is 17.8 Å². The number of carbonyl (C=O) groups excluding carboxylic acids is 1. The maximum absolute atomic E-state index is 11.1. The average molecular weight is 281 g/mol. The number of rotatable bonds is 6. The number of nitrogens with zero attached hydrogens (tertiary/aromatic N) is 1. The number of nitrogens with two attached hydrogens (primary N) is 1. The quantitative estimate of drug-likeness (QED) is 0.850. The fraction of sp³-hybridized carbons (Fsp3) is 0.125. The van der Waals surface area contributed by atoms with E-state index in [0.717, 1.165) is 11.3 Å². The lowest BCUT2D eigenvalue weighted by Gasteiger charge is -2.09. The van der Waals surface area contributed by atoms with E-state index in [1.54, 1.807) is 24.3 Å². The third-order valence-electron chi connectivity index (χ3n) is 2.85. The molecule has 0 saturated heterocycles. The monoisotopic (exact) mass is 281 g/mol. The summed E-state index contributed by atoms with van der Waals surface area (Å²) < 4.78 is 5.25. The van der Waals surface area contributed by atoms with Crippen molar-refractivity contribution >= 4 is 11.6 Å². The second kappa shape index (κ2) is 6.96. The third kappa shape index (κ3) is 4.25. The molecule has 2 aromatic rings. The van der Waals surface area contributed by atoms with Gasteiger partial charge in [-0.2, -0.15) is 5.26 Å². The van der Waals surface area contributed by atoms with Gasteiger partial charge in [0.15, 0.2) is 6.61 Å². The first-order chi connectivity index (χ1) is 10.2. The molecule has 106 valence electrons. The van der Waals surface area contributed by atoms with Gasteiger partial charge in [-0.3, -0.25) is 4.79 Å². The average Bonchev–Trinajstić information content (AvgIpc) is 2.51. The summed E-state index contributed by atoms with van der Waals surface area (Å²) in [6.07, 6.45) is 0. The fourth-order valence-electron chi connectivity index (χ4n) is 1.85. The van der Waals surface area contributed by atoms with E-state index >= 15 is 0 Å². The number of nitriles is 1. The molecule has 5 heteroatoms. The van der Waals surface area contributed by atoms with Crippen molar-refractivity contribution < 1.29 is 9.53 Å². The summed E-state index contributed by atoms with van der Waals surface area (Å²) in [6, 6.07) is 16.4. The maximum atomic E-state index is 11.1. The Morgan fingerprint density at radius 3 is 2.81 bits per heavy atom.